The number of imidazole rings is 1. The SMILES string of the molecule is c1ccc2c(c1)CC(Cn1cnc3ccccc31)S2. The molecule has 0 spiro atoms. The lowest BCUT2D eigenvalue weighted by molar-refractivity contribution is 0.680. The Morgan fingerprint density at radius 1 is 1.11 bits per heavy atom. The maximum atomic E-state index is 4.46. The zero-order valence-corrected chi connectivity index (χ0v) is 11.3. The van der Waals surface area contributed by atoms with E-state index in [1.165, 1.54) is 16.0 Å². The molecule has 1 aliphatic heterocycles. The average molecular weight is 266 g/mol. The van der Waals surface area contributed by atoms with Crippen LogP contribution in [-0.4, -0.2) is 14.8 Å². The van der Waals surface area contributed by atoms with Crippen LogP contribution in [-0.2, 0) is 13.0 Å². The van der Waals surface area contributed by atoms with Crippen molar-refractivity contribution in [1.29, 1.82) is 0 Å². The van der Waals surface area contributed by atoms with Gasteiger partial charge < -0.3 is 4.57 Å². The molecule has 0 radical (unpaired) electrons. The molecule has 1 aliphatic rings. The van der Waals surface area contributed by atoms with Crippen LogP contribution in [0.2, 0.25) is 0 Å². The summed E-state index contributed by atoms with van der Waals surface area (Å²) in [4.78, 5) is 5.91. The van der Waals surface area contributed by atoms with Crippen LogP contribution in [0.3, 0.4) is 0 Å². The van der Waals surface area contributed by atoms with E-state index in [1.807, 2.05) is 24.2 Å². The van der Waals surface area contributed by atoms with Gasteiger partial charge in [-0.05, 0) is 30.2 Å². The molecule has 0 aliphatic carbocycles. The summed E-state index contributed by atoms with van der Waals surface area (Å²) in [6.07, 6.45) is 3.13. The molecule has 1 unspecified atom stereocenters. The molecule has 94 valence electrons. The molecule has 0 bridgehead atoms. The molecule has 2 heterocycles. The summed E-state index contributed by atoms with van der Waals surface area (Å²) in [6, 6.07) is 17.1. The van der Waals surface area contributed by atoms with Gasteiger partial charge in [-0.3, -0.25) is 0 Å². The Labute approximate surface area is 116 Å². The second kappa shape index (κ2) is 4.42. The number of aromatic nitrogens is 2. The topological polar surface area (TPSA) is 17.8 Å². The number of para-hydroxylation sites is 2. The average Bonchev–Trinajstić information content (AvgIpc) is 3.03. The van der Waals surface area contributed by atoms with E-state index in [-0.39, 0.29) is 0 Å². The van der Waals surface area contributed by atoms with Crippen molar-refractivity contribution in [2.45, 2.75) is 23.1 Å². The minimum Gasteiger partial charge on any atom is -0.329 e. The zero-order chi connectivity index (χ0) is 12.7. The molecule has 0 saturated carbocycles. The van der Waals surface area contributed by atoms with Crippen LogP contribution in [0.1, 0.15) is 5.56 Å². The molecule has 4 rings (SSSR count). The first-order valence-corrected chi connectivity index (χ1v) is 7.42. The van der Waals surface area contributed by atoms with Gasteiger partial charge >= 0.3 is 0 Å². The lowest BCUT2D eigenvalue weighted by atomic mass is 10.1. The van der Waals surface area contributed by atoms with E-state index in [9.17, 15) is 0 Å². The number of hydrogen-bond donors (Lipinski definition) is 0. The Hall–Kier alpha value is -1.74. The largest absolute Gasteiger partial charge is 0.329 e. The Bertz CT molecular complexity index is 707. The standard InChI is InChI=1S/C16H14N2S/c1-4-8-16-12(5-1)9-13(19-16)10-18-11-17-14-6-2-3-7-15(14)18/h1-8,11,13H,9-10H2. The van der Waals surface area contributed by atoms with Crippen LogP contribution in [0.4, 0.5) is 0 Å². The predicted octanol–water partition coefficient (Wildman–Crippen LogP) is 3.75. The number of rotatable bonds is 2. The van der Waals surface area contributed by atoms with Crippen LogP contribution in [0.5, 0.6) is 0 Å². The fraction of sp³-hybridized carbons (Fsp3) is 0.188. The monoisotopic (exact) mass is 266 g/mol. The first-order chi connectivity index (χ1) is 9.40. The number of hydrogen-bond acceptors (Lipinski definition) is 2. The van der Waals surface area contributed by atoms with E-state index in [1.54, 1.807) is 0 Å². The summed E-state index contributed by atoms with van der Waals surface area (Å²) in [5.74, 6) is 0. The molecule has 2 aromatic carbocycles. The Morgan fingerprint density at radius 3 is 2.89 bits per heavy atom. The fourth-order valence-corrected chi connectivity index (χ4v) is 4.05. The second-order valence-electron chi connectivity index (χ2n) is 4.94. The molecule has 0 amide bonds. The normalized spacial score (nSPS) is 17.8. The summed E-state index contributed by atoms with van der Waals surface area (Å²) in [7, 11) is 0. The molecule has 0 saturated heterocycles. The first kappa shape index (κ1) is 11.1. The summed E-state index contributed by atoms with van der Waals surface area (Å²) in [6.45, 7) is 1.03. The number of fused-ring (bicyclic) bond motifs is 2. The van der Waals surface area contributed by atoms with Crippen molar-refractivity contribution in [2.24, 2.45) is 0 Å². The highest BCUT2D eigenvalue weighted by Gasteiger charge is 2.22. The highest BCUT2D eigenvalue weighted by Crippen LogP contribution is 2.37. The molecule has 3 heteroatoms. The van der Waals surface area contributed by atoms with Crippen LogP contribution in [0.25, 0.3) is 11.0 Å². The van der Waals surface area contributed by atoms with Gasteiger partial charge in [0.05, 0.1) is 17.4 Å². The summed E-state index contributed by atoms with van der Waals surface area (Å²) in [5.41, 5.74) is 3.81. The van der Waals surface area contributed by atoms with Crippen molar-refractivity contribution in [1.82, 2.24) is 9.55 Å². The van der Waals surface area contributed by atoms with Gasteiger partial charge in [0.25, 0.3) is 0 Å². The number of thioether (sulfide) groups is 1. The lowest BCUT2D eigenvalue weighted by Crippen LogP contribution is -2.11. The van der Waals surface area contributed by atoms with Gasteiger partial charge in [-0.25, -0.2) is 4.98 Å². The Morgan fingerprint density at radius 2 is 1.95 bits per heavy atom. The van der Waals surface area contributed by atoms with Crippen molar-refractivity contribution >= 4 is 22.8 Å². The van der Waals surface area contributed by atoms with Gasteiger partial charge in [-0.2, -0.15) is 0 Å². The van der Waals surface area contributed by atoms with Crippen LogP contribution >= 0.6 is 11.8 Å². The molecule has 3 aromatic rings. The van der Waals surface area contributed by atoms with Crippen molar-refractivity contribution in [3.05, 3.63) is 60.4 Å². The maximum absolute atomic E-state index is 4.46. The van der Waals surface area contributed by atoms with E-state index in [0.717, 1.165) is 18.5 Å². The minimum absolute atomic E-state index is 0.620. The quantitative estimate of drug-likeness (QED) is 0.703. The highest BCUT2D eigenvalue weighted by molar-refractivity contribution is 8.00. The van der Waals surface area contributed by atoms with E-state index < -0.39 is 0 Å². The van der Waals surface area contributed by atoms with E-state index in [0.29, 0.717) is 5.25 Å². The van der Waals surface area contributed by atoms with Crippen LogP contribution in [0, 0.1) is 0 Å². The molecule has 0 N–H and O–H groups in total. The molecule has 19 heavy (non-hydrogen) atoms. The molecule has 2 nitrogen and oxygen atoms in total. The second-order valence-corrected chi connectivity index (χ2v) is 6.28. The summed E-state index contributed by atoms with van der Waals surface area (Å²) in [5, 5.41) is 0.620. The molecule has 1 aromatic heterocycles. The third kappa shape index (κ3) is 1.94. The summed E-state index contributed by atoms with van der Waals surface area (Å²) < 4.78 is 2.28. The van der Waals surface area contributed by atoms with Gasteiger partial charge in [-0.15, -0.1) is 11.8 Å². The Balaban J connectivity index is 1.60. The molecule has 1 atom stereocenters. The Kier molecular flexibility index (Phi) is 2.59. The summed E-state index contributed by atoms with van der Waals surface area (Å²) >= 11 is 1.99. The molecule has 0 fully saturated rings. The third-order valence-corrected chi connectivity index (χ3v) is 4.94. The van der Waals surface area contributed by atoms with Gasteiger partial charge in [0.2, 0.25) is 0 Å². The van der Waals surface area contributed by atoms with Crippen molar-refractivity contribution in [2.75, 3.05) is 0 Å². The molecular weight excluding hydrogens is 252 g/mol. The van der Waals surface area contributed by atoms with E-state index in [4.69, 9.17) is 0 Å². The third-order valence-electron chi connectivity index (χ3n) is 3.64. The van der Waals surface area contributed by atoms with Crippen molar-refractivity contribution in [3.63, 3.8) is 0 Å². The van der Waals surface area contributed by atoms with Crippen molar-refractivity contribution < 1.29 is 0 Å². The van der Waals surface area contributed by atoms with Gasteiger partial charge in [0, 0.05) is 16.7 Å². The predicted molar refractivity (Wildman–Crippen MR) is 79.5 cm³/mol. The van der Waals surface area contributed by atoms with Gasteiger partial charge in [0.15, 0.2) is 0 Å². The fourth-order valence-electron chi connectivity index (χ4n) is 2.73. The first-order valence-electron chi connectivity index (χ1n) is 6.54. The number of benzene rings is 2. The number of nitrogens with zero attached hydrogens (tertiary/aromatic N) is 2. The van der Waals surface area contributed by atoms with Crippen LogP contribution < -0.4 is 0 Å². The van der Waals surface area contributed by atoms with E-state index in [2.05, 4.69) is 52.0 Å². The van der Waals surface area contributed by atoms with Gasteiger partial charge in [0.1, 0.15) is 0 Å². The minimum atomic E-state index is 0.620. The van der Waals surface area contributed by atoms with Crippen LogP contribution in [0.15, 0.2) is 59.8 Å². The smallest absolute Gasteiger partial charge is 0.0958 e. The van der Waals surface area contributed by atoms with E-state index >= 15 is 0 Å². The zero-order valence-electron chi connectivity index (χ0n) is 10.5. The maximum Gasteiger partial charge on any atom is 0.0958 e. The molecular formula is C16H14N2S. The highest BCUT2D eigenvalue weighted by atomic mass is 32.2. The van der Waals surface area contributed by atoms with Crippen molar-refractivity contribution in [3.8, 4) is 0 Å². The van der Waals surface area contributed by atoms with Gasteiger partial charge in [-0.1, -0.05) is 30.3 Å². The lowest BCUT2D eigenvalue weighted by Gasteiger charge is -2.10.